The summed E-state index contributed by atoms with van der Waals surface area (Å²) >= 11 is 3.43. The Morgan fingerprint density at radius 3 is 2.70 bits per heavy atom. The summed E-state index contributed by atoms with van der Waals surface area (Å²) in [4.78, 5) is 0. The van der Waals surface area contributed by atoms with Crippen LogP contribution in [0.3, 0.4) is 0 Å². The molecule has 3 aromatic rings. The molecule has 1 aromatic heterocycles. The maximum Gasteiger partial charge on any atom is 0.244 e. The van der Waals surface area contributed by atoms with Gasteiger partial charge in [0.25, 0.3) is 0 Å². The Kier molecular flexibility index (Phi) is 5.38. The first-order chi connectivity index (χ1) is 14.5. The molecular weight excluding hydrogens is 448 g/mol. The highest BCUT2D eigenvalue weighted by Crippen LogP contribution is 2.44. The molecular formula is C22H19BrN4O3. The molecule has 0 amide bonds. The molecule has 0 spiro atoms. The van der Waals surface area contributed by atoms with Crippen LogP contribution in [0, 0.1) is 18.3 Å². The van der Waals surface area contributed by atoms with E-state index in [0.29, 0.717) is 29.6 Å². The van der Waals surface area contributed by atoms with Crippen LogP contribution in [0.5, 0.6) is 17.4 Å². The van der Waals surface area contributed by atoms with Gasteiger partial charge in [-0.05, 0) is 42.3 Å². The van der Waals surface area contributed by atoms with E-state index >= 15 is 0 Å². The molecule has 1 aliphatic heterocycles. The number of aryl methyl sites for hydroxylation is 1. The molecule has 1 aliphatic rings. The van der Waals surface area contributed by atoms with Gasteiger partial charge in [0.2, 0.25) is 11.8 Å². The molecule has 30 heavy (non-hydrogen) atoms. The number of aromatic nitrogens is 2. The predicted molar refractivity (Wildman–Crippen MR) is 114 cm³/mol. The van der Waals surface area contributed by atoms with Crippen molar-refractivity contribution in [1.82, 2.24) is 10.2 Å². The van der Waals surface area contributed by atoms with Crippen molar-refractivity contribution in [3.05, 3.63) is 80.8 Å². The van der Waals surface area contributed by atoms with E-state index in [1.54, 1.807) is 7.11 Å². The van der Waals surface area contributed by atoms with E-state index in [4.69, 9.17) is 19.9 Å². The number of H-pyrrole nitrogens is 1. The van der Waals surface area contributed by atoms with E-state index in [-0.39, 0.29) is 5.88 Å². The van der Waals surface area contributed by atoms with E-state index in [1.165, 1.54) is 0 Å². The van der Waals surface area contributed by atoms with E-state index in [9.17, 15) is 5.26 Å². The molecule has 7 nitrogen and oxygen atoms in total. The lowest BCUT2D eigenvalue weighted by atomic mass is 9.84. The van der Waals surface area contributed by atoms with Gasteiger partial charge in [-0.3, -0.25) is 5.10 Å². The lowest BCUT2D eigenvalue weighted by Crippen LogP contribution is -2.21. The molecule has 2 heterocycles. The minimum atomic E-state index is -0.410. The normalized spacial score (nSPS) is 15.2. The number of hydrogen-bond donors (Lipinski definition) is 2. The maximum atomic E-state index is 9.70. The van der Waals surface area contributed by atoms with Crippen molar-refractivity contribution >= 4 is 15.9 Å². The second-order valence-corrected chi connectivity index (χ2v) is 7.73. The van der Waals surface area contributed by atoms with Gasteiger partial charge in [0.1, 0.15) is 18.2 Å². The van der Waals surface area contributed by atoms with Crippen LogP contribution in [0.1, 0.15) is 28.3 Å². The highest BCUT2D eigenvalue weighted by atomic mass is 79.9. The first kappa shape index (κ1) is 19.9. The summed E-state index contributed by atoms with van der Waals surface area (Å²) in [5.41, 5.74) is 9.78. The van der Waals surface area contributed by atoms with Crippen LogP contribution in [0.2, 0.25) is 0 Å². The summed E-state index contributed by atoms with van der Waals surface area (Å²) in [6, 6.07) is 15.7. The Hall–Kier alpha value is -3.44. The number of aromatic amines is 1. The van der Waals surface area contributed by atoms with Gasteiger partial charge in [-0.1, -0.05) is 34.1 Å². The van der Waals surface area contributed by atoms with E-state index in [0.717, 1.165) is 26.9 Å². The third-order valence-corrected chi connectivity index (χ3v) is 5.49. The number of benzene rings is 2. The highest BCUT2D eigenvalue weighted by Gasteiger charge is 2.34. The smallest absolute Gasteiger partial charge is 0.244 e. The Balaban J connectivity index is 1.68. The molecule has 0 saturated heterocycles. The fourth-order valence-corrected chi connectivity index (χ4v) is 3.72. The summed E-state index contributed by atoms with van der Waals surface area (Å²) in [7, 11) is 1.58. The number of nitrogens with one attached hydrogen (secondary N) is 1. The number of hydrogen-bond acceptors (Lipinski definition) is 6. The molecule has 8 heteroatoms. The number of nitrogens with zero attached hydrogens (tertiary/aromatic N) is 2. The molecule has 0 radical (unpaired) electrons. The molecule has 0 aliphatic carbocycles. The lowest BCUT2D eigenvalue weighted by Gasteiger charge is -2.24. The van der Waals surface area contributed by atoms with Crippen LogP contribution >= 0.6 is 15.9 Å². The van der Waals surface area contributed by atoms with Gasteiger partial charge >= 0.3 is 0 Å². The van der Waals surface area contributed by atoms with Gasteiger partial charge in [0.05, 0.1) is 13.0 Å². The highest BCUT2D eigenvalue weighted by molar-refractivity contribution is 9.10. The van der Waals surface area contributed by atoms with Gasteiger partial charge in [-0.2, -0.15) is 5.26 Å². The molecule has 0 bridgehead atoms. The molecule has 0 saturated carbocycles. The van der Waals surface area contributed by atoms with Crippen LogP contribution in [0.4, 0.5) is 0 Å². The van der Waals surface area contributed by atoms with Crippen molar-refractivity contribution < 1.29 is 14.2 Å². The van der Waals surface area contributed by atoms with Gasteiger partial charge in [0.15, 0.2) is 11.5 Å². The summed E-state index contributed by atoms with van der Waals surface area (Å²) < 4.78 is 18.1. The van der Waals surface area contributed by atoms with Crippen LogP contribution in [-0.4, -0.2) is 17.3 Å². The number of nitriles is 1. The van der Waals surface area contributed by atoms with Crippen molar-refractivity contribution in [2.24, 2.45) is 5.73 Å². The SMILES string of the molecule is COc1cc([C@H]2C(C#N)=C(N)Oc3n[nH]c(C)c32)ccc1OCc1ccc(Br)cc1. The zero-order chi connectivity index (χ0) is 21.3. The molecule has 152 valence electrons. The van der Waals surface area contributed by atoms with Crippen LogP contribution in [-0.2, 0) is 6.61 Å². The Bertz CT molecular complexity index is 1160. The fourth-order valence-electron chi connectivity index (χ4n) is 3.46. The van der Waals surface area contributed by atoms with Crippen molar-refractivity contribution in [2.75, 3.05) is 7.11 Å². The predicted octanol–water partition coefficient (Wildman–Crippen LogP) is 4.29. The van der Waals surface area contributed by atoms with Crippen molar-refractivity contribution in [1.29, 1.82) is 5.26 Å². The monoisotopic (exact) mass is 466 g/mol. The third kappa shape index (κ3) is 3.60. The quantitative estimate of drug-likeness (QED) is 0.580. The Morgan fingerprint density at radius 2 is 2.00 bits per heavy atom. The largest absolute Gasteiger partial charge is 0.493 e. The van der Waals surface area contributed by atoms with Gasteiger partial charge in [-0.25, -0.2) is 0 Å². The number of nitrogens with two attached hydrogens (primary N) is 1. The van der Waals surface area contributed by atoms with Crippen LogP contribution in [0.15, 0.2) is 58.4 Å². The van der Waals surface area contributed by atoms with Crippen LogP contribution < -0.4 is 19.9 Å². The number of methoxy groups -OCH3 is 1. The molecule has 0 unspecified atom stereocenters. The summed E-state index contributed by atoms with van der Waals surface area (Å²) in [6.07, 6.45) is 0. The Morgan fingerprint density at radius 1 is 1.23 bits per heavy atom. The number of allylic oxidation sites excluding steroid dienone is 1. The first-order valence-electron chi connectivity index (χ1n) is 9.19. The van der Waals surface area contributed by atoms with Gasteiger partial charge in [-0.15, -0.1) is 5.10 Å². The second kappa shape index (κ2) is 8.13. The van der Waals surface area contributed by atoms with Crippen molar-refractivity contribution in [2.45, 2.75) is 19.4 Å². The molecule has 1 atom stereocenters. The Labute approximate surface area is 182 Å². The molecule has 0 fully saturated rings. The lowest BCUT2D eigenvalue weighted by molar-refractivity contribution is 0.284. The van der Waals surface area contributed by atoms with E-state index in [2.05, 4.69) is 32.2 Å². The number of rotatable bonds is 5. The van der Waals surface area contributed by atoms with Crippen molar-refractivity contribution in [3.63, 3.8) is 0 Å². The third-order valence-electron chi connectivity index (χ3n) is 4.96. The number of fused-ring (bicyclic) bond motifs is 1. The summed E-state index contributed by atoms with van der Waals surface area (Å²) in [5.74, 6) is 1.19. The summed E-state index contributed by atoms with van der Waals surface area (Å²) in [6.45, 7) is 2.28. The average molecular weight is 467 g/mol. The first-order valence-corrected chi connectivity index (χ1v) is 9.98. The van der Waals surface area contributed by atoms with Crippen molar-refractivity contribution in [3.8, 4) is 23.4 Å². The minimum absolute atomic E-state index is 0.0519. The minimum Gasteiger partial charge on any atom is -0.493 e. The standard InChI is InChI=1S/C22H19BrN4O3/c1-12-19-20(16(10-24)21(25)30-22(19)27-26-12)14-5-8-17(18(9-14)28-2)29-11-13-3-6-15(23)7-4-13/h3-9,20H,11,25H2,1-2H3,(H,26,27)/t20-/m0/s1. The fraction of sp³-hybridized carbons (Fsp3) is 0.182. The van der Waals surface area contributed by atoms with Gasteiger partial charge in [0, 0.05) is 15.7 Å². The van der Waals surface area contributed by atoms with E-state index in [1.807, 2.05) is 49.4 Å². The summed E-state index contributed by atoms with van der Waals surface area (Å²) in [5, 5.41) is 16.8. The molecule has 4 rings (SSSR count). The second-order valence-electron chi connectivity index (χ2n) is 6.82. The average Bonchev–Trinajstić information content (AvgIpc) is 3.12. The van der Waals surface area contributed by atoms with Crippen LogP contribution in [0.25, 0.3) is 0 Å². The number of halogens is 1. The molecule has 3 N–H and O–H groups in total. The zero-order valence-corrected chi connectivity index (χ0v) is 18.0. The van der Waals surface area contributed by atoms with Gasteiger partial charge < -0.3 is 19.9 Å². The number of ether oxygens (including phenoxy) is 3. The zero-order valence-electron chi connectivity index (χ0n) is 16.4. The molecule has 2 aromatic carbocycles. The maximum absolute atomic E-state index is 9.70. The van der Waals surface area contributed by atoms with E-state index < -0.39 is 5.92 Å². The topological polar surface area (TPSA) is 106 Å².